The van der Waals surface area contributed by atoms with Crippen LogP contribution in [0.15, 0.2) is 24.3 Å². The fourth-order valence-electron chi connectivity index (χ4n) is 2.52. The Hall–Kier alpha value is -1.54. The van der Waals surface area contributed by atoms with E-state index in [9.17, 15) is 8.42 Å². The summed E-state index contributed by atoms with van der Waals surface area (Å²) >= 11 is 0. The van der Waals surface area contributed by atoms with Crippen LogP contribution in [0, 0.1) is 11.3 Å². The summed E-state index contributed by atoms with van der Waals surface area (Å²) in [7, 11) is -3.06. The van der Waals surface area contributed by atoms with Gasteiger partial charge in [-0.25, -0.2) is 8.42 Å². The van der Waals surface area contributed by atoms with Crippen LogP contribution < -0.4 is 4.74 Å². The molecule has 0 heterocycles. The van der Waals surface area contributed by atoms with Crippen LogP contribution in [0.5, 0.6) is 5.75 Å². The molecule has 4 nitrogen and oxygen atoms in total. The maximum atomic E-state index is 12.2. The molecular weight excluding hydrogens is 274 g/mol. The minimum atomic E-state index is -3.06. The van der Waals surface area contributed by atoms with Gasteiger partial charge < -0.3 is 4.74 Å². The first-order valence-corrected chi connectivity index (χ1v) is 8.68. The monoisotopic (exact) mass is 293 g/mol. The third-order valence-corrected chi connectivity index (χ3v) is 5.88. The molecule has 108 valence electrons. The Morgan fingerprint density at radius 2 is 2.00 bits per heavy atom. The summed E-state index contributed by atoms with van der Waals surface area (Å²) in [6.07, 6.45) is 4.73. The summed E-state index contributed by atoms with van der Waals surface area (Å²) in [6.45, 7) is 0.147. The fraction of sp³-hybridized carbons (Fsp3) is 0.533. The van der Waals surface area contributed by atoms with Crippen molar-refractivity contribution < 1.29 is 13.2 Å². The van der Waals surface area contributed by atoms with E-state index in [1.807, 2.05) is 6.07 Å². The molecule has 0 radical (unpaired) electrons. The minimum absolute atomic E-state index is 0.0500. The molecule has 0 N–H and O–H groups in total. The number of nitrogens with zero attached hydrogens (tertiary/aromatic N) is 1. The van der Waals surface area contributed by atoms with E-state index in [2.05, 4.69) is 0 Å². The van der Waals surface area contributed by atoms with E-state index in [4.69, 9.17) is 10.00 Å². The minimum Gasteiger partial charge on any atom is -0.492 e. The van der Waals surface area contributed by atoms with Gasteiger partial charge in [-0.05, 0) is 31.0 Å². The van der Waals surface area contributed by atoms with Crippen LogP contribution in [0.3, 0.4) is 0 Å². The fourth-order valence-corrected chi connectivity index (χ4v) is 4.22. The van der Waals surface area contributed by atoms with Gasteiger partial charge in [-0.1, -0.05) is 25.3 Å². The van der Waals surface area contributed by atoms with E-state index in [1.54, 1.807) is 24.3 Å². The first-order chi connectivity index (χ1) is 9.62. The number of benzene rings is 1. The average Bonchev–Trinajstić information content (AvgIpc) is 2.48. The number of rotatable bonds is 5. The zero-order valence-corrected chi connectivity index (χ0v) is 12.2. The van der Waals surface area contributed by atoms with Crippen molar-refractivity contribution in [3.8, 4) is 11.8 Å². The molecule has 0 aromatic heterocycles. The lowest BCUT2D eigenvalue weighted by Crippen LogP contribution is -2.28. The zero-order chi connectivity index (χ0) is 14.4. The molecule has 1 fully saturated rings. The molecule has 0 unspecified atom stereocenters. The highest BCUT2D eigenvalue weighted by Crippen LogP contribution is 2.24. The molecule has 1 aromatic rings. The summed E-state index contributed by atoms with van der Waals surface area (Å²) in [5, 5.41) is 8.60. The summed E-state index contributed by atoms with van der Waals surface area (Å²) in [5.74, 6) is 0.594. The molecule has 2 rings (SSSR count). The number of hydrogen-bond acceptors (Lipinski definition) is 4. The lowest BCUT2D eigenvalue weighted by molar-refractivity contribution is 0.339. The number of ether oxygens (including phenoxy) is 1. The molecule has 0 amide bonds. The van der Waals surface area contributed by atoms with Gasteiger partial charge in [0.1, 0.15) is 12.4 Å². The molecule has 1 aromatic carbocycles. The van der Waals surface area contributed by atoms with Crippen molar-refractivity contribution >= 4 is 9.84 Å². The third kappa shape index (κ3) is 3.97. The van der Waals surface area contributed by atoms with E-state index in [0.29, 0.717) is 11.3 Å². The largest absolute Gasteiger partial charge is 0.492 e. The predicted octanol–water partition coefficient (Wildman–Crippen LogP) is 2.68. The highest BCUT2D eigenvalue weighted by Gasteiger charge is 2.26. The van der Waals surface area contributed by atoms with Gasteiger partial charge in [-0.3, -0.25) is 0 Å². The second-order valence-electron chi connectivity index (χ2n) is 5.12. The van der Waals surface area contributed by atoms with Gasteiger partial charge >= 0.3 is 0 Å². The van der Waals surface area contributed by atoms with Crippen molar-refractivity contribution in [2.75, 3.05) is 12.4 Å². The summed E-state index contributed by atoms with van der Waals surface area (Å²) in [6, 6.07) is 8.79. The zero-order valence-electron chi connectivity index (χ0n) is 11.4. The van der Waals surface area contributed by atoms with Gasteiger partial charge in [0.2, 0.25) is 0 Å². The lowest BCUT2D eigenvalue weighted by Gasteiger charge is -2.21. The second-order valence-corrected chi connectivity index (χ2v) is 7.52. The normalized spacial score (nSPS) is 16.6. The molecule has 5 heteroatoms. The maximum Gasteiger partial charge on any atom is 0.156 e. The van der Waals surface area contributed by atoms with Crippen LogP contribution in [-0.2, 0) is 9.84 Å². The molecule has 0 spiro atoms. The number of sulfone groups is 1. The Bertz CT molecular complexity index is 583. The summed E-state index contributed by atoms with van der Waals surface area (Å²) in [4.78, 5) is 0. The molecule has 1 aliphatic carbocycles. The Kier molecular flexibility index (Phi) is 5.02. The van der Waals surface area contributed by atoms with E-state index in [1.165, 1.54) is 0 Å². The molecule has 0 bridgehead atoms. The van der Waals surface area contributed by atoms with Crippen molar-refractivity contribution in [2.24, 2.45) is 0 Å². The van der Waals surface area contributed by atoms with Gasteiger partial charge in [0.25, 0.3) is 0 Å². The van der Waals surface area contributed by atoms with Gasteiger partial charge in [0.05, 0.1) is 22.6 Å². The summed E-state index contributed by atoms with van der Waals surface area (Å²) < 4.78 is 29.8. The molecule has 1 aliphatic rings. The van der Waals surface area contributed by atoms with Crippen LogP contribution in [-0.4, -0.2) is 26.0 Å². The van der Waals surface area contributed by atoms with Crippen molar-refractivity contribution in [3.63, 3.8) is 0 Å². The van der Waals surface area contributed by atoms with Gasteiger partial charge in [0, 0.05) is 0 Å². The molecule has 0 atom stereocenters. The van der Waals surface area contributed by atoms with Crippen LogP contribution in [0.4, 0.5) is 0 Å². The summed E-state index contributed by atoms with van der Waals surface area (Å²) in [5.41, 5.74) is 0.512. The standard InChI is InChI=1S/C15H19NO3S/c16-12-13-5-4-6-14(11-13)19-9-10-20(17,18)15-7-2-1-3-8-15/h4-6,11,15H,1-3,7-10H2. The molecule has 20 heavy (non-hydrogen) atoms. The molecule has 0 aliphatic heterocycles. The first kappa shape index (κ1) is 14.9. The smallest absolute Gasteiger partial charge is 0.156 e. The lowest BCUT2D eigenvalue weighted by atomic mass is 10.0. The second kappa shape index (κ2) is 6.76. The quantitative estimate of drug-likeness (QED) is 0.837. The van der Waals surface area contributed by atoms with Crippen molar-refractivity contribution in [1.29, 1.82) is 5.26 Å². The molecule has 1 saturated carbocycles. The van der Waals surface area contributed by atoms with Crippen molar-refractivity contribution in [3.05, 3.63) is 29.8 Å². The Labute approximate surface area is 120 Å². The van der Waals surface area contributed by atoms with E-state index >= 15 is 0 Å². The van der Waals surface area contributed by atoms with E-state index < -0.39 is 9.84 Å². The SMILES string of the molecule is N#Cc1cccc(OCCS(=O)(=O)C2CCCCC2)c1. The Morgan fingerprint density at radius 3 is 2.70 bits per heavy atom. The predicted molar refractivity (Wildman–Crippen MR) is 77.3 cm³/mol. The Morgan fingerprint density at radius 1 is 1.25 bits per heavy atom. The van der Waals surface area contributed by atoms with Crippen LogP contribution in [0.2, 0.25) is 0 Å². The van der Waals surface area contributed by atoms with Crippen LogP contribution in [0.25, 0.3) is 0 Å². The average molecular weight is 293 g/mol. The van der Waals surface area contributed by atoms with E-state index in [-0.39, 0.29) is 17.6 Å². The van der Waals surface area contributed by atoms with Gasteiger partial charge in [0.15, 0.2) is 9.84 Å². The molecule has 0 saturated heterocycles. The maximum absolute atomic E-state index is 12.2. The topological polar surface area (TPSA) is 67.2 Å². The van der Waals surface area contributed by atoms with Crippen molar-refractivity contribution in [1.82, 2.24) is 0 Å². The number of hydrogen-bond donors (Lipinski definition) is 0. The Balaban J connectivity index is 1.87. The van der Waals surface area contributed by atoms with Gasteiger partial charge in [-0.2, -0.15) is 5.26 Å². The van der Waals surface area contributed by atoms with Crippen LogP contribution in [0.1, 0.15) is 37.7 Å². The molecular formula is C15H19NO3S. The third-order valence-electron chi connectivity index (χ3n) is 3.66. The van der Waals surface area contributed by atoms with Gasteiger partial charge in [-0.15, -0.1) is 0 Å². The number of nitriles is 1. The van der Waals surface area contributed by atoms with E-state index in [0.717, 1.165) is 32.1 Å². The van der Waals surface area contributed by atoms with Crippen LogP contribution >= 0.6 is 0 Å². The highest BCUT2D eigenvalue weighted by molar-refractivity contribution is 7.92. The first-order valence-electron chi connectivity index (χ1n) is 6.96. The highest BCUT2D eigenvalue weighted by atomic mass is 32.2. The van der Waals surface area contributed by atoms with Crippen molar-refractivity contribution in [2.45, 2.75) is 37.4 Å².